The Morgan fingerprint density at radius 3 is 2.91 bits per heavy atom. The lowest BCUT2D eigenvalue weighted by molar-refractivity contribution is 0.174. The number of fused-ring (bicyclic) bond motifs is 2. The van der Waals surface area contributed by atoms with Crippen molar-refractivity contribution in [2.45, 2.75) is 55.7 Å². The predicted molar refractivity (Wildman–Crippen MR) is 128 cm³/mol. The number of hydrogen-bond acceptors (Lipinski definition) is 8. The van der Waals surface area contributed by atoms with Gasteiger partial charge in [0, 0.05) is 22.0 Å². The first-order valence-electron chi connectivity index (χ1n) is 11.0. The summed E-state index contributed by atoms with van der Waals surface area (Å²) in [6, 6.07) is 4.51. The Hall–Kier alpha value is -2.04. The molecule has 0 aliphatic carbocycles. The lowest BCUT2D eigenvalue weighted by atomic mass is 9.85. The Labute approximate surface area is 199 Å². The summed E-state index contributed by atoms with van der Waals surface area (Å²) in [5.74, 6) is 3.22. The summed E-state index contributed by atoms with van der Waals surface area (Å²) in [5, 5.41) is 4.51. The van der Waals surface area contributed by atoms with Crippen LogP contribution in [0.5, 0.6) is 11.5 Å². The van der Waals surface area contributed by atoms with Gasteiger partial charge >= 0.3 is 0 Å². The van der Waals surface area contributed by atoms with E-state index in [9.17, 15) is 0 Å². The van der Waals surface area contributed by atoms with E-state index < -0.39 is 0 Å². The number of aryl methyl sites for hydroxylation is 1. The number of imidazole rings is 1. The fourth-order valence-corrected chi connectivity index (χ4v) is 5.91. The molecule has 2 aliphatic rings. The lowest BCUT2D eigenvalue weighted by Crippen LogP contribution is -2.41. The van der Waals surface area contributed by atoms with Gasteiger partial charge in [-0.05, 0) is 65.7 Å². The van der Waals surface area contributed by atoms with E-state index in [-0.39, 0.29) is 6.79 Å². The van der Waals surface area contributed by atoms with E-state index in [1.165, 1.54) is 19.2 Å². The molecule has 3 aromatic rings. The lowest BCUT2D eigenvalue weighted by Gasteiger charge is -2.33. The minimum absolute atomic E-state index is 0.244. The van der Waals surface area contributed by atoms with Gasteiger partial charge in [-0.15, -0.1) is 0 Å². The fraction of sp³-hybridized carbons (Fsp3) is 0.500. The summed E-state index contributed by atoms with van der Waals surface area (Å²) in [7, 11) is 0. The van der Waals surface area contributed by atoms with Crippen LogP contribution in [-0.2, 0) is 6.54 Å². The minimum Gasteiger partial charge on any atom is -0.454 e. The SMILES string of the molecule is CC(C)[C@H]1C[C@H](CCn2c(Sc3cc4c(cc3Br)OCO4)nc3c(N)ncnc32)CCN1. The standard InChI is InChI=1S/C22H27BrN6O2S/c1-12(2)15-7-13(3-5-25-15)4-6-29-21-19(20(24)26-10-27-21)28-22(29)32-18-9-17-16(8-14(18)23)30-11-31-17/h8-10,12-13,15,25H,3-7,11H2,1-2H3,(H2,24,26,27)/t13-,15+/m0/s1. The maximum absolute atomic E-state index is 6.14. The second kappa shape index (κ2) is 9.07. The Kier molecular flexibility index (Phi) is 6.18. The molecule has 5 rings (SSSR count). The van der Waals surface area contributed by atoms with E-state index in [0.29, 0.717) is 29.2 Å². The Morgan fingerprint density at radius 1 is 1.28 bits per heavy atom. The second-order valence-electron chi connectivity index (χ2n) is 8.70. The van der Waals surface area contributed by atoms with Crippen LogP contribution in [0.1, 0.15) is 33.1 Å². The Balaban J connectivity index is 1.43. The van der Waals surface area contributed by atoms with Crippen LogP contribution in [0.2, 0.25) is 0 Å². The summed E-state index contributed by atoms with van der Waals surface area (Å²) in [6.07, 6.45) is 5.00. The molecule has 3 N–H and O–H groups in total. The molecule has 1 aromatic carbocycles. The van der Waals surface area contributed by atoms with Gasteiger partial charge in [-0.1, -0.05) is 25.6 Å². The normalized spacial score (nSPS) is 20.4. The second-order valence-corrected chi connectivity index (χ2v) is 10.6. The van der Waals surface area contributed by atoms with Gasteiger partial charge in [0.15, 0.2) is 33.6 Å². The quantitative estimate of drug-likeness (QED) is 0.493. The molecule has 2 atom stereocenters. The molecule has 8 nitrogen and oxygen atoms in total. The Morgan fingerprint density at radius 2 is 2.09 bits per heavy atom. The van der Waals surface area contributed by atoms with Crippen LogP contribution in [0.25, 0.3) is 11.2 Å². The van der Waals surface area contributed by atoms with Crippen molar-refractivity contribution in [1.82, 2.24) is 24.8 Å². The summed E-state index contributed by atoms with van der Waals surface area (Å²) in [5.41, 5.74) is 7.57. The predicted octanol–water partition coefficient (Wildman–Crippen LogP) is 4.47. The van der Waals surface area contributed by atoms with Crippen LogP contribution in [-0.4, -0.2) is 38.9 Å². The zero-order chi connectivity index (χ0) is 22.2. The molecule has 0 spiro atoms. The third-order valence-corrected chi connectivity index (χ3v) is 8.24. The average Bonchev–Trinajstić information content (AvgIpc) is 3.37. The first kappa shape index (κ1) is 21.8. The molecular formula is C22H27BrN6O2S. The van der Waals surface area contributed by atoms with Crippen molar-refractivity contribution in [3.63, 3.8) is 0 Å². The molecule has 2 aromatic heterocycles. The molecule has 10 heteroatoms. The molecule has 0 radical (unpaired) electrons. The van der Waals surface area contributed by atoms with E-state index >= 15 is 0 Å². The van der Waals surface area contributed by atoms with E-state index in [0.717, 1.165) is 51.2 Å². The molecule has 1 saturated heterocycles. The Bertz CT molecular complexity index is 1140. The molecule has 0 saturated carbocycles. The number of rotatable bonds is 6. The summed E-state index contributed by atoms with van der Waals surface area (Å²) < 4.78 is 14.2. The zero-order valence-electron chi connectivity index (χ0n) is 18.2. The molecular weight excluding hydrogens is 492 g/mol. The van der Waals surface area contributed by atoms with Crippen LogP contribution in [0, 0.1) is 11.8 Å². The number of hydrogen-bond donors (Lipinski definition) is 2. The summed E-state index contributed by atoms with van der Waals surface area (Å²) in [6.45, 7) is 6.75. The van der Waals surface area contributed by atoms with Gasteiger partial charge < -0.3 is 25.1 Å². The van der Waals surface area contributed by atoms with Gasteiger partial charge in [-0.2, -0.15) is 0 Å². The molecule has 2 aliphatic heterocycles. The molecule has 4 heterocycles. The largest absolute Gasteiger partial charge is 0.454 e. The number of nitrogens with zero attached hydrogens (tertiary/aromatic N) is 4. The van der Waals surface area contributed by atoms with Gasteiger partial charge in [-0.3, -0.25) is 0 Å². The number of ether oxygens (including phenoxy) is 2. The van der Waals surface area contributed by atoms with E-state index in [2.05, 4.69) is 49.6 Å². The maximum Gasteiger partial charge on any atom is 0.231 e. The van der Waals surface area contributed by atoms with Crippen LogP contribution in [0.4, 0.5) is 5.82 Å². The van der Waals surface area contributed by atoms with E-state index in [4.69, 9.17) is 20.2 Å². The number of nitrogens with one attached hydrogen (secondary N) is 1. The van der Waals surface area contributed by atoms with Crippen LogP contribution >= 0.6 is 27.7 Å². The number of halogens is 1. The van der Waals surface area contributed by atoms with Crippen molar-refractivity contribution in [3.05, 3.63) is 22.9 Å². The van der Waals surface area contributed by atoms with Crippen LogP contribution in [0.3, 0.4) is 0 Å². The molecule has 0 amide bonds. The van der Waals surface area contributed by atoms with Crippen molar-refractivity contribution < 1.29 is 9.47 Å². The highest BCUT2D eigenvalue weighted by molar-refractivity contribution is 9.10. The number of nitrogens with two attached hydrogens (primary N) is 1. The highest BCUT2D eigenvalue weighted by atomic mass is 79.9. The average molecular weight is 519 g/mol. The van der Waals surface area contributed by atoms with Crippen molar-refractivity contribution in [1.29, 1.82) is 0 Å². The number of benzene rings is 1. The number of nitrogen functional groups attached to an aromatic ring is 1. The fourth-order valence-electron chi connectivity index (χ4n) is 4.40. The molecule has 0 unspecified atom stereocenters. The van der Waals surface area contributed by atoms with Crippen LogP contribution in [0.15, 0.2) is 33.0 Å². The maximum atomic E-state index is 6.14. The molecule has 170 valence electrons. The zero-order valence-corrected chi connectivity index (χ0v) is 20.6. The number of aromatic nitrogens is 4. The molecule has 0 bridgehead atoms. The van der Waals surface area contributed by atoms with Crippen molar-refractivity contribution >= 4 is 44.7 Å². The summed E-state index contributed by atoms with van der Waals surface area (Å²) >= 11 is 5.23. The molecule has 32 heavy (non-hydrogen) atoms. The highest BCUT2D eigenvalue weighted by Gasteiger charge is 2.25. The van der Waals surface area contributed by atoms with Gasteiger partial charge in [0.2, 0.25) is 6.79 Å². The van der Waals surface area contributed by atoms with Gasteiger partial charge in [0.05, 0.1) is 0 Å². The van der Waals surface area contributed by atoms with Gasteiger partial charge in [0.1, 0.15) is 6.33 Å². The van der Waals surface area contributed by atoms with Crippen LogP contribution < -0.4 is 20.5 Å². The minimum atomic E-state index is 0.244. The highest BCUT2D eigenvalue weighted by Crippen LogP contribution is 2.43. The van der Waals surface area contributed by atoms with Crippen molar-refractivity contribution in [2.24, 2.45) is 11.8 Å². The topological polar surface area (TPSA) is 100 Å². The third kappa shape index (κ3) is 4.27. The summed E-state index contributed by atoms with van der Waals surface area (Å²) in [4.78, 5) is 14.5. The first-order valence-corrected chi connectivity index (χ1v) is 12.6. The van der Waals surface area contributed by atoms with E-state index in [1.54, 1.807) is 11.8 Å². The van der Waals surface area contributed by atoms with Gasteiger partial charge in [-0.25, -0.2) is 15.0 Å². The van der Waals surface area contributed by atoms with Crippen molar-refractivity contribution in [2.75, 3.05) is 19.1 Å². The van der Waals surface area contributed by atoms with Gasteiger partial charge in [0.25, 0.3) is 0 Å². The number of piperidine rings is 1. The molecule has 1 fully saturated rings. The monoisotopic (exact) mass is 518 g/mol. The third-order valence-electron chi connectivity index (χ3n) is 6.27. The first-order chi connectivity index (χ1) is 15.5. The van der Waals surface area contributed by atoms with E-state index in [1.807, 2.05) is 12.1 Å². The number of anilines is 1. The van der Waals surface area contributed by atoms with Crippen molar-refractivity contribution in [3.8, 4) is 11.5 Å². The smallest absolute Gasteiger partial charge is 0.231 e.